The molecular formula is C38H29Cl2F3N4O6S. The number of thiophene rings is 1. The van der Waals surface area contributed by atoms with Crippen molar-refractivity contribution in [2.45, 2.75) is 36.9 Å². The van der Waals surface area contributed by atoms with Gasteiger partial charge in [-0.1, -0.05) is 65.2 Å². The van der Waals surface area contributed by atoms with Gasteiger partial charge in [0.1, 0.15) is 0 Å². The minimum atomic E-state index is -4.76. The number of methoxy groups -OCH3 is 1. The Morgan fingerprint density at radius 1 is 1.02 bits per heavy atom. The van der Waals surface area contributed by atoms with E-state index in [-0.39, 0.29) is 48.2 Å². The standard InChI is InChI=1S/C38H29Cl2F3N4O6S/c1-53-28-6-2-5-24(31(28)48)30-22-11-12-23-29(35(51)46(33(23)49)17-21-4-3-13-54-21)25(22)15-26-34(50)47(36(52)37(26,30)18-7-9-20(39)10-8-18)45-32-27(40)14-19(16-44-32)38(41,42)43/h2-11,13-14,16,23,25-26,29-30,48H,12,15,17H2,1H3,(H,44,45). The van der Waals surface area contributed by atoms with Crippen LogP contribution in [0.3, 0.4) is 0 Å². The van der Waals surface area contributed by atoms with Crippen LogP contribution in [0.15, 0.2) is 83.9 Å². The van der Waals surface area contributed by atoms with Gasteiger partial charge < -0.3 is 9.84 Å². The van der Waals surface area contributed by atoms with E-state index < -0.39 is 69.5 Å². The van der Waals surface area contributed by atoms with Crippen LogP contribution >= 0.6 is 34.5 Å². The molecule has 0 radical (unpaired) electrons. The summed E-state index contributed by atoms with van der Waals surface area (Å²) in [6.45, 7) is 0.0959. The lowest BCUT2D eigenvalue weighted by Gasteiger charge is -2.50. The number of ether oxygens (including phenoxy) is 1. The predicted molar refractivity (Wildman–Crippen MR) is 191 cm³/mol. The summed E-state index contributed by atoms with van der Waals surface area (Å²) in [7, 11) is 1.37. The average molecular weight is 798 g/mol. The number of nitrogens with one attached hydrogen (secondary N) is 1. The third kappa shape index (κ3) is 5.40. The van der Waals surface area contributed by atoms with Gasteiger partial charge in [-0.15, -0.1) is 11.3 Å². The topological polar surface area (TPSA) is 129 Å². The number of nitrogens with zero attached hydrogens (tertiary/aromatic N) is 3. The number of hydrogen-bond acceptors (Lipinski definition) is 9. The summed E-state index contributed by atoms with van der Waals surface area (Å²) in [6.07, 6.45) is -2.28. The molecule has 2 aromatic heterocycles. The lowest BCUT2D eigenvalue weighted by molar-refractivity contribution is -0.142. The Bertz CT molecular complexity index is 2250. The fraction of sp³-hybridized carbons (Fsp3) is 0.289. The summed E-state index contributed by atoms with van der Waals surface area (Å²) in [5.74, 6) is -7.52. The number of phenols is 1. The van der Waals surface area contributed by atoms with Crippen LogP contribution in [-0.4, -0.2) is 50.7 Å². The Kier molecular flexibility index (Phi) is 8.77. The van der Waals surface area contributed by atoms with Crippen LogP contribution in [0.1, 0.15) is 40.3 Å². The summed E-state index contributed by atoms with van der Waals surface area (Å²) in [5, 5.41) is 14.2. The third-order valence-corrected chi connectivity index (χ3v) is 12.5. The van der Waals surface area contributed by atoms with Gasteiger partial charge in [0.05, 0.1) is 47.4 Å². The molecule has 3 fully saturated rings. The Hall–Kier alpha value is -4.92. The van der Waals surface area contributed by atoms with Crippen LogP contribution in [-0.2, 0) is 37.3 Å². The summed E-state index contributed by atoms with van der Waals surface area (Å²) < 4.78 is 45.9. The highest BCUT2D eigenvalue weighted by Crippen LogP contribution is 2.65. The molecule has 2 saturated heterocycles. The van der Waals surface area contributed by atoms with Crippen LogP contribution < -0.4 is 10.2 Å². The SMILES string of the molecule is COc1cccc(C2C3=CCC4C(=O)N(Cc5cccs5)C(=O)C4C3CC3C(=O)N(Nc4ncc(C(F)(F)F)cc4Cl)C(=O)C32c2ccc(Cl)cc2)c1O. The first-order valence-electron chi connectivity index (χ1n) is 16.8. The Morgan fingerprint density at radius 2 is 1.78 bits per heavy atom. The molecule has 2 aromatic carbocycles. The summed E-state index contributed by atoms with van der Waals surface area (Å²) in [5.41, 5.74) is 0.816. The van der Waals surface area contributed by atoms with Gasteiger partial charge >= 0.3 is 6.18 Å². The van der Waals surface area contributed by atoms with Gasteiger partial charge in [0.25, 0.3) is 11.8 Å². The van der Waals surface area contributed by atoms with E-state index in [1.807, 2.05) is 23.6 Å². The number of aromatic hydroxyl groups is 1. The number of hydrogen-bond donors (Lipinski definition) is 2. The Labute approximate surface area is 320 Å². The van der Waals surface area contributed by atoms with Crippen molar-refractivity contribution in [3.63, 3.8) is 0 Å². The number of alkyl halides is 3. The number of phenolic OH excluding ortho intramolecular Hbond substituents is 1. The summed E-state index contributed by atoms with van der Waals surface area (Å²) in [6, 6.07) is 15.4. The van der Waals surface area contributed by atoms with Crippen LogP contribution in [0.25, 0.3) is 0 Å². The fourth-order valence-electron chi connectivity index (χ4n) is 8.84. The van der Waals surface area contributed by atoms with Crippen LogP contribution in [0.5, 0.6) is 11.5 Å². The third-order valence-electron chi connectivity index (χ3n) is 11.1. The number of imide groups is 2. The van der Waals surface area contributed by atoms with E-state index in [0.717, 1.165) is 4.88 Å². The molecule has 2 aliphatic carbocycles. The quantitative estimate of drug-likeness (QED) is 0.147. The van der Waals surface area contributed by atoms with Crippen molar-refractivity contribution >= 4 is 64.0 Å². The van der Waals surface area contributed by atoms with Gasteiger partial charge in [0.15, 0.2) is 17.3 Å². The molecule has 6 atom stereocenters. The maximum absolute atomic E-state index is 15.3. The van der Waals surface area contributed by atoms with E-state index in [1.165, 1.54) is 29.4 Å². The molecular weight excluding hydrogens is 768 g/mol. The van der Waals surface area contributed by atoms with Gasteiger partial charge in [0.2, 0.25) is 11.8 Å². The average Bonchev–Trinajstić information content (AvgIpc) is 3.81. The number of halogens is 5. The number of amides is 4. The molecule has 4 aliphatic rings. The lowest BCUT2D eigenvalue weighted by atomic mass is 9.49. The molecule has 10 nitrogen and oxygen atoms in total. The number of rotatable bonds is 7. The van der Waals surface area contributed by atoms with Gasteiger partial charge in [-0.05, 0) is 60.0 Å². The van der Waals surface area contributed by atoms with E-state index in [9.17, 15) is 32.7 Å². The maximum Gasteiger partial charge on any atom is 0.417 e. The van der Waals surface area contributed by atoms with Crippen molar-refractivity contribution < 1.29 is 42.2 Å². The van der Waals surface area contributed by atoms with Crippen molar-refractivity contribution in [2.75, 3.05) is 12.5 Å². The molecule has 8 rings (SSSR count). The van der Waals surface area contributed by atoms with E-state index in [1.54, 1.807) is 36.4 Å². The molecule has 4 amide bonds. The molecule has 54 heavy (non-hydrogen) atoms. The van der Waals surface area contributed by atoms with E-state index in [2.05, 4.69) is 10.4 Å². The van der Waals surface area contributed by atoms with Crippen LogP contribution in [0.4, 0.5) is 19.0 Å². The second-order valence-corrected chi connectivity index (χ2v) is 15.5. The number of aromatic nitrogens is 1. The number of carbonyl (C=O) groups is 4. The highest BCUT2D eigenvalue weighted by molar-refractivity contribution is 7.09. The van der Waals surface area contributed by atoms with Crippen molar-refractivity contribution in [1.29, 1.82) is 0 Å². The smallest absolute Gasteiger partial charge is 0.417 e. The minimum Gasteiger partial charge on any atom is -0.504 e. The van der Waals surface area contributed by atoms with Gasteiger partial charge in [-0.3, -0.25) is 29.5 Å². The number of para-hydroxylation sites is 1. The highest BCUT2D eigenvalue weighted by Gasteiger charge is 2.70. The highest BCUT2D eigenvalue weighted by atomic mass is 35.5. The zero-order valence-electron chi connectivity index (χ0n) is 28.1. The first kappa shape index (κ1) is 36.1. The maximum atomic E-state index is 15.3. The zero-order chi connectivity index (χ0) is 38.3. The predicted octanol–water partition coefficient (Wildman–Crippen LogP) is 7.37. The van der Waals surface area contributed by atoms with Gasteiger partial charge in [0, 0.05) is 27.6 Å². The molecule has 1 saturated carbocycles. The molecule has 2 aliphatic heterocycles. The van der Waals surface area contributed by atoms with Crippen molar-refractivity contribution in [2.24, 2.45) is 23.7 Å². The molecule has 6 unspecified atom stereocenters. The number of hydrazine groups is 1. The van der Waals surface area contributed by atoms with Crippen LogP contribution in [0.2, 0.25) is 10.0 Å². The summed E-state index contributed by atoms with van der Waals surface area (Å²) >= 11 is 14.0. The number of likely N-dealkylation sites (tertiary alicyclic amines) is 1. The second-order valence-electron chi connectivity index (χ2n) is 13.7. The molecule has 278 valence electrons. The number of allylic oxidation sites excluding steroid dienone is 2. The monoisotopic (exact) mass is 796 g/mol. The Balaban J connectivity index is 1.31. The first-order valence-corrected chi connectivity index (χ1v) is 18.5. The number of carbonyl (C=O) groups excluding carboxylic acids is 4. The number of fused-ring (bicyclic) bond motifs is 4. The van der Waals surface area contributed by atoms with Gasteiger partial charge in [-0.25, -0.2) is 4.98 Å². The molecule has 2 N–H and O–H groups in total. The Morgan fingerprint density at radius 3 is 2.44 bits per heavy atom. The molecule has 4 aromatic rings. The van der Waals surface area contributed by atoms with E-state index in [4.69, 9.17) is 27.9 Å². The number of benzene rings is 2. The number of anilines is 1. The molecule has 0 spiro atoms. The molecule has 4 heterocycles. The van der Waals surface area contributed by atoms with Gasteiger partial charge in [-0.2, -0.15) is 18.2 Å². The van der Waals surface area contributed by atoms with Crippen molar-refractivity contribution in [1.82, 2.24) is 14.9 Å². The molecule has 16 heteroatoms. The van der Waals surface area contributed by atoms with Crippen molar-refractivity contribution in [3.05, 3.63) is 116 Å². The minimum absolute atomic E-state index is 0.0559. The second kappa shape index (κ2) is 13.1. The number of pyridine rings is 1. The van der Waals surface area contributed by atoms with E-state index >= 15 is 4.79 Å². The fourth-order valence-corrected chi connectivity index (χ4v) is 9.87. The van der Waals surface area contributed by atoms with E-state index in [0.29, 0.717) is 33.4 Å². The summed E-state index contributed by atoms with van der Waals surface area (Å²) in [4.78, 5) is 64.2. The largest absolute Gasteiger partial charge is 0.504 e. The lowest BCUT2D eigenvalue weighted by Crippen LogP contribution is -2.53. The zero-order valence-corrected chi connectivity index (χ0v) is 30.5. The molecule has 0 bridgehead atoms. The normalized spacial score (nSPS) is 26.4. The van der Waals surface area contributed by atoms with Crippen LogP contribution in [0, 0.1) is 23.7 Å². The first-order chi connectivity index (χ1) is 25.8. The van der Waals surface area contributed by atoms with Crippen molar-refractivity contribution in [3.8, 4) is 11.5 Å².